The van der Waals surface area contributed by atoms with Crippen LogP contribution in [0.1, 0.15) is 5.82 Å². The molecule has 0 unspecified atom stereocenters. The highest BCUT2D eigenvalue weighted by atomic mass is 16.7. The number of hydrogen-bond acceptors (Lipinski definition) is 6. The number of carbonyl (C=O) groups is 1. The van der Waals surface area contributed by atoms with E-state index in [4.69, 9.17) is 9.47 Å². The molecular weight excluding hydrogens is 254 g/mol. The molecule has 0 radical (unpaired) electrons. The number of benzene rings is 1. The second-order valence-corrected chi connectivity index (χ2v) is 3.43. The Kier molecular flexibility index (Phi) is 3.72. The van der Waals surface area contributed by atoms with Gasteiger partial charge >= 0.3 is 6.16 Å². The Hall–Kier alpha value is -2.90. The summed E-state index contributed by atoms with van der Waals surface area (Å²) in [6.45, 7) is -0.0428. The van der Waals surface area contributed by atoms with Crippen LogP contribution >= 0.6 is 0 Å². The molecule has 0 aliphatic carbocycles. The molecule has 1 heterocycles. The van der Waals surface area contributed by atoms with Crippen molar-refractivity contribution in [1.29, 1.82) is 0 Å². The molecule has 98 valence electrons. The minimum atomic E-state index is -0.912. The first kappa shape index (κ1) is 12.6. The minimum Gasteiger partial charge on any atom is -0.426 e. The fourth-order valence-electron chi connectivity index (χ4n) is 1.27. The molecule has 1 aromatic heterocycles. The molecule has 2 aromatic rings. The predicted octanol–water partition coefficient (Wildman–Crippen LogP) is 2.03. The Bertz CT molecular complexity index is 565. The number of H-pyrrole nitrogens is 1. The van der Waals surface area contributed by atoms with Crippen molar-refractivity contribution in [2.75, 3.05) is 0 Å². The van der Waals surface area contributed by atoms with Crippen LogP contribution in [0.2, 0.25) is 0 Å². The van der Waals surface area contributed by atoms with Crippen molar-refractivity contribution in [2.24, 2.45) is 0 Å². The summed E-state index contributed by atoms with van der Waals surface area (Å²) in [6.07, 6.45) is 2.21. The third kappa shape index (κ3) is 3.53. The van der Waals surface area contributed by atoms with Crippen LogP contribution in [0.4, 0.5) is 10.5 Å². The molecule has 19 heavy (non-hydrogen) atoms. The SMILES string of the molecule is O=C(OCc1ncc[nH]1)Oc1ccc([N+](=O)[O-])cc1. The van der Waals surface area contributed by atoms with Gasteiger partial charge in [0.15, 0.2) is 6.61 Å². The molecule has 1 aromatic carbocycles. The maximum atomic E-state index is 11.3. The Balaban J connectivity index is 1.86. The molecule has 8 nitrogen and oxygen atoms in total. The topological polar surface area (TPSA) is 107 Å². The predicted molar refractivity (Wildman–Crippen MR) is 62.5 cm³/mol. The first-order chi connectivity index (χ1) is 9.15. The summed E-state index contributed by atoms with van der Waals surface area (Å²) in [5, 5.41) is 10.4. The van der Waals surface area contributed by atoms with Crippen LogP contribution in [0, 0.1) is 10.1 Å². The van der Waals surface area contributed by atoms with Gasteiger partial charge in [0.25, 0.3) is 5.69 Å². The van der Waals surface area contributed by atoms with E-state index < -0.39 is 11.1 Å². The van der Waals surface area contributed by atoms with Gasteiger partial charge in [-0.05, 0) is 12.1 Å². The Labute approximate surface area is 107 Å². The molecule has 0 amide bonds. The summed E-state index contributed by atoms with van der Waals surface area (Å²) >= 11 is 0. The fraction of sp³-hybridized carbons (Fsp3) is 0.0909. The van der Waals surface area contributed by atoms with Crippen LogP contribution in [-0.4, -0.2) is 21.0 Å². The zero-order valence-electron chi connectivity index (χ0n) is 9.61. The molecule has 0 spiro atoms. The van der Waals surface area contributed by atoms with E-state index >= 15 is 0 Å². The van der Waals surface area contributed by atoms with Gasteiger partial charge in [-0.15, -0.1) is 0 Å². The van der Waals surface area contributed by atoms with E-state index in [2.05, 4.69) is 9.97 Å². The normalized spacial score (nSPS) is 9.89. The molecule has 8 heteroatoms. The molecule has 0 bridgehead atoms. The van der Waals surface area contributed by atoms with Gasteiger partial charge in [-0.1, -0.05) is 0 Å². The number of nitro groups is 1. The van der Waals surface area contributed by atoms with Gasteiger partial charge < -0.3 is 14.5 Å². The van der Waals surface area contributed by atoms with Gasteiger partial charge in [-0.25, -0.2) is 9.78 Å². The van der Waals surface area contributed by atoms with Gasteiger partial charge in [0.2, 0.25) is 0 Å². The Morgan fingerprint density at radius 3 is 2.68 bits per heavy atom. The molecular formula is C11H9N3O5. The molecule has 0 aliphatic heterocycles. The maximum absolute atomic E-state index is 11.3. The monoisotopic (exact) mass is 263 g/mol. The van der Waals surface area contributed by atoms with Crippen molar-refractivity contribution >= 4 is 11.8 Å². The number of rotatable bonds is 4. The minimum absolute atomic E-state index is 0.0428. The van der Waals surface area contributed by atoms with E-state index in [0.29, 0.717) is 5.82 Å². The number of nitro benzene ring substituents is 1. The van der Waals surface area contributed by atoms with Crippen molar-refractivity contribution in [3.05, 3.63) is 52.6 Å². The van der Waals surface area contributed by atoms with Crippen LogP contribution in [0.3, 0.4) is 0 Å². The van der Waals surface area contributed by atoms with Crippen LogP contribution in [0.15, 0.2) is 36.7 Å². The third-order valence-corrected chi connectivity index (χ3v) is 2.13. The summed E-state index contributed by atoms with van der Waals surface area (Å²) < 4.78 is 9.60. The van der Waals surface area contributed by atoms with Gasteiger partial charge in [-0.2, -0.15) is 0 Å². The molecule has 0 fully saturated rings. The van der Waals surface area contributed by atoms with Crippen LogP contribution < -0.4 is 4.74 Å². The molecule has 0 saturated heterocycles. The first-order valence-electron chi connectivity index (χ1n) is 5.22. The average molecular weight is 263 g/mol. The van der Waals surface area contributed by atoms with E-state index in [0.717, 1.165) is 0 Å². The summed E-state index contributed by atoms with van der Waals surface area (Å²) in [5.41, 5.74) is -0.0868. The van der Waals surface area contributed by atoms with Gasteiger partial charge in [-0.3, -0.25) is 10.1 Å². The summed E-state index contributed by atoms with van der Waals surface area (Å²) in [6, 6.07) is 5.09. The smallest absolute Gasteiger partial charge is 0.426 e. The summed E-state index contributed by atoms with van der Waals surface area (Å²) in [7, 11) is 0. The van der Waals surface area contributed by atoms with Crippen LogP contribution in [0.5, 0.6) is 5.75 Å². The zero-order chi connectivity index (χ0) is 13.7. The summed E-state index contributed by atoms with van der Waals surface area (Å²) in [4.78, 5) is 27.8. The number of ether oxygens (including phenoxy) is 2. The summed E-state index contributed by atoms with van der Waals surface area (Å²) in [5.74, 6) is 0.649. The lowest BCUT2D eigenvalue weighted by atomic mass is 10.3. The van der Waals surface area contributed by atoms with Crippen LogP contribution in [0.25, 0.3) is 0 Å². The fourth-order valence-corrected chi connectivity index (χ4v) is 1.27. The van der Waals surface area contributed by atoms with Gasteiger partial charge in [0.05, 0.1) is 4.92 Å². The number of aromatic nitrogens is 2. The lowest BCUT2D eigenvalue weighted by Gasteiger charge is -2.04. The molecule has 0 aliphatic rings. The Morgan fingerprint density at radius 2 is 2.11 bits per heavy atom. The second kappa shape index (κ2) is 5.63. The number of carbonyl (C=O) groups excluding carboxylic acids is 1. The maximum Gasteiger partial charge on any atom is 0.514 e. The standard InChI is InChI=1S/C11H9N3O5/c15-11(18-7-10-12-5-6-13-10)19-9-3-1-8(2-4-9)14(16)17/h1-6H,7H2,(H,12,13). The van der Waals surface area contributed by atoms with E-state index in [9.17, 15) is 14.9 Å². The van der Waals surface area contributed by atoms with Crippen molar-refractivity contribution in [2.45, 2.75) is 6.61 Å². The molecule has 2 rings (SSSR count). The number of nitrogens with zero attached hydrogens (tertiary/aromatic N) is 2. The average Bonchev–Trinajstić information content (AvgIpc) is 2.90. The van der Waals surface area contributed by atoms with Crippen molar-refractivity contribution in [1.82, 2.24) is 9.97 Å². The molecule has 1 N–H and O–H groups in total. The molecule has 0 saturated carbocycles. The number of non-ortho nitro benzene ring substituents is 1. The highest BCUT2D eigenvalue weighted by Crippen LogP contribution is 2.17. The van der Waals surface area contributed by atoms with Crippen molar-refractivity contribution in [3.8, 4) is 5.75 Å². The zero-order valence-corrected chi connectivity index (χ0v) is 9.61. The number of hydrogen-bond donors (Lipinski definition) is 1. The second-order valence-electron chi connectivity index (χ2n) is 3.43. The highest BCUT2D eigenvalue weighted by Gasteiger charge is 2.09. The highest BCUT2D eigenvalue weighted by molar-refractivity contribution is 5.63. The lowest BCUT2D eigenvalue weighted by molar-refractivity contribution is -0.384. The lowest BCUT2D eigenvalue weighted by Crippen LogP contribution is -2.11. The first-order valence-corrected chi connectivity index (χ1v) is 5.22. The van der Waals surface area contributed by atoms with E-state index in [-0.39, 0.29) is 18.0 Å². The number of nitrogens with one attached hydrogen (secondary N) is 1. The third-order valence-electron chi connectivity index (χ3n) is 2.13. The van der Waals surface area contributed by atoms with Crippen LogP contribution in [-0.2, 0) is 11.3 Å². The van der Waals surface area contributed by atoms with E-state index in [1.165, 1.54) is 30.5 Å². The van der Waals surface area contributed by atoms with Crippen molar-refractivity contribution in [3.63, 3.8) is 0 Å². The van der Waals surface area contributed by atoms with Crippen molar-refractivity contribution < 1.29 is 19.2 Å². The van der Waals surface area contributed by atoms with E-state index in [1.54, 1.807) is 6.20 Å². The van der Waals surface area contributed by atoms with Gasteiger partial charge in [0, 0.05) is 24.5 Å². The quantitative estimate of drug-likeness (QED) is 0.391. The van der Waals surface area contributed by atoms with E-state index in [1.807, 2.05) is 0 Å². The Morgan fingerprint density at radius 1 is 1.37 bits per heavy atom. The van der Waals surface area contributed by atoms with Gasteiger partial charge in [0.1, 0.15) is 11.6 Å². The number of imidazole rings is 1. The largest absolute Gasteiger partial charge is 0.514 e. The number of aromatic amines is 1. The molecule has 0 atom stereocenters.